The molecule has 2 aromatic heterocycles. The van der Waals surface area contributed by atoms with Crippen LogP contribution >= 0.6 is 22.9 Å². The molecule has 3 aromatic rings. The maximum absolute atomic E-state index is 13.1. The second kappa shape index (κ2) is 4.84. The molecule has 0 aliphatic carbocycles. The largest absolute Gasteiger partial charge is 0.375 e. The molecule has 0 bridgehead atoms. The smallest absolute Gasteiger partial charge is 0.270 e. The second-order valence-electron chi connectivity index (χ2n) is 4.02. The molecule has 5 nitrogen and oxygen atoms in total. The normalized spacial score (nSPS) is 10.9. The topological polar surface area (TPSA) is 77.8 Å². The predicted molar refractivity (Wildman–Crippen MR) is 75.0 cm³/mol. The summed E-state index contributed by atoms with van der Waals surface area (Å²) in [5.41, 5.74) is 6.92. The van der Waals surface area contributed by atoms with Crippen molar-refractivity contribution in [1.82, 2.24) is 15.1 Å². The molecule has 0 saturated heterocycles. The molecule has 0 aliphatic heterocycles. The number of nitrogens with zero attached hydrogens (tertiary/aromatic N) is 3. The minimum absolute atomic E-state index is 0.00654. The highest BCUT2D eigenvalue weighted by Crippen LogP contribution is 2.31. The molecule has 8 heteroatoms. The quantitative estimate of drug-likeness (QED) is 0.783. The van der Waals surface area contributed by atoms with Crippen LogP contribution in [0.4, 0.5) is 9.52 Å². The van der Waals surface area contributed by atoms with Gasteiger partial charge in [0.15, 0.2) is 5.13 Å². The van der Waals surface area contributed by atoms with Crippen molar-refractivity contribution >= 4 is 28.1 Å². The Balaban J connectivity index is 2.01. The molecule has 20 heavy (non-hydrogen) atoms. The molecule has 102 valence electrons. The first-order valence-corrected chi connectivity index (χ1v) is 6.76. The summed E-state index contributed by atoms with van der Waals surface area (Å²) >= 11 is 7.00. The first-order chi connectivity index (χ1) is 9.54. The Hall–Kier alpha value is -1.99. The Labute approximate surface area is 122 Å². The van der Waals surface area contributed by atoms with E-state index in [4.69, 9.17) is 21.9 Å². The van der Waals surface area contributed by atoms with E-state index in [1.165, 1.54) is 29.5 Å². The number of benzene rings is 1. The third kappa shape index (κ3) is 2.25. The van der Waals surface area contributed by atoms with Crippen LogP contribution in [-0.2, 0) is 0 Å². The zero-order chi connectivity index (χ0) is 14.3. The van der Waals surface area contributed by atoms with Crippen molar-refractivity contribution < 1.29 is 8.91 Å². The van der Waals surface area contributed by atoms with Crippen molar-refractivity contribution in [3.63, 3.8) is 0 Å². The molecule has 0 radical (unpaired) electrons. The molecule has 0 atom stereocenters. The van der Waals surface area contributed by atoms with E-state index in [0.29, 0.717) is 22.4 Å². The molecule has 0 saturated carbocycles. The summed E-state index contributed by atoms with van der Waals surface area (Å²) in [5.74, 6) is 0.158. The molecule has 1 aromatic carbocycles. The monoisotopic (exact) mass is 310 g/mol. The number of hydrogen-bond acceptors (Lipinski definition) is 6. The van der Waals surface area contributed by atoms with Crippen molar-refractivity contribution in [1.29, 1.82) is 0 Å². The molecular weight excluding hydrogens is 303 g/mol. The molecule has 3 rings (SSSR count). The fourth-order valence-electron chi connectivity index (χ4n) is 1.68. The van der Waals surface area contributed by atoms with E-state index in [2.05, 4.69) is 15.1 Å². The number of aromatic nitrogens is 3. The van der Waals surface area contributed by atoms with Crippen LogP contribution in [0.5, 0.6) is 0 Å². The number of aryl methyl sites for hydroxylation is 1. The number of nitrogen functional groups attached to an aromatic ring is 1. The van der Waals surface area contributed by atoms with E-state index in [9.17, 15) is 4.39 Å². The van der Waals surface area contributed by atoms with Gasteiger partial charge in [-0.15, -0.1) is 0 Å². The number of thiazole rings is 1. The minimum Gasteiger partial charge on any atom is -0.375 e. The molecular formula is C12H8ClFN4OS. The van der Waals surface area contributed by atoms with E-state index in [0.717, 1.165) is 10.6 Å². The van der Waals surface area contributed by atoms with Gasteiger partial charge in [0.25, 0.3) is 5.89 Å². The van der Waals surface area contributed by atoms with Crippen LogP contribution in [0.15, 0.2) is 22.7 Å². The first kappa shape index (κ1) is 13.0. The van der Waals surface area contributed by atoms with E-state index in [-0.39, 0.29) is 5.02 Å². The van der Waals surface area contributed by atoms with Gasteiger partial charge in [-0.05, 0) is 25.1 Å². The van der Waals surface area contributed by atoms with Gasteiger partial charge < -0.3 is 10.3 Å². The van der Waals surface area contributed by atoms with E-state index in [1.807, 2.05) is 0 Å². The zero-order valence-electron chi connectivity index (χ0n) is 10.2. The van der Waals surface area contributed by atoms with Crippen LogP contribution in [0, 0.1) is 12.7 Å². The third-order valence-electron chi connectivity index (χ3n) is 2.61. The first-order valence-electron chi connectivity index (χ1n) is 5.57. The second-order valence-corrected chi connectivity index (χ2v) is 5.46. The lowest BCUT2D eigenvalue weighted by Crippen LogP contribution is -1.84. The Morgan fingerprint density at radius 1 is 1.35 bits per heavy atom. The molecule has 0 fully saturated rings. The SMILES string of the molecule is Cc1nc(N)sc1-c1nc(-c2ccc(F)c(Cl)c2)no1. The average molecular weight is 311 g/mol. The van der Waals surface area contributed by atoms with E-state index >= 15 is 0 Å². The molecule has 0 unspecified atom stereocenters. The lowest BCUT2D eigenvalue weighted by molar-refractivity contribution is 0.433. The van der Waals surface area contributed by atoms with E-state index in [1.54, 1.807) is 6.92 Å². The molecule has 0 aliphatic rings. The Morgan fingerprint density at radius 2 is 2.15 bits per heavy atom. The van der Waals surface area contributed by atoms with Crippen LogP contribution in [-0.4, -0.2) is 15.1 Å². The molecule has 0 spiro atoms. The van der Waals surface area contributed by atoms with E-state index < -0.39 is 5.82 Å². The molecule has 2 heterocycles. The summed E-state index contributed by atoms with van der Waals surface area (Å²) in [5, 5.41) is 4.29. The summed E-state index contributed by atoms with van der Waals surface area (Å²) in [7, 11) is 0. The van der Waals surface area contributed by atoms with Gasteiger partial charge in [0.2, 0.25) is 5.82 Å². The predicted octanol–water partition coefficient (Wildman–Crippen LogP) is 3.54. The minimum atomic E-state index is -0.495. The van der Waals surface area contributed by atoms with Crippen molar-refractivity contribution in [2.75, 3.05) is 5.73 Å². The summed E-state index contributed by atoms with van der Waals surface area (Å²) in [6.45, 7) is 1.81. The number of nitrogens with two attached hydrogens (primary N) is 1. The van der Waals surface area contributed by atoms with Crippen LogP contribution in [0.2, 0.25) is 5.02 Å². The number of anilines is 1. The fraction of sp³-hybridized carbons (Fsp3) is 0.0833. The van der Waals surface area contributed by atoms with Crippen LogP contribution in [0.25, 0.3) is 22.2 Å². The Bertz CT molecular complexity index is 786. The number of halogens is 2. The van der Waals surface area contributed by atoms with Crippen molar-refractivity contribution in [3.8, 4) is 22.2 Å². The highest BCUT2D eigenvalue weighted by atomic mass is 35.5. The maximum Gasteiger partial charge on any atom is 0.270 e. The lowest BCUT2D eigenvalue weighted by Gasteiger charge is -1.96. The fourth-order valence-corrected chi connectivity index (χ4v) is 2.62. The third-order valence-corrected chi connectivity index (χ3v) is 3.88. The highest BCUT2D eigenvalue weighted by molar-refractivity contribution is 7.18. The average Bonchev–Trinajstić information content (AvgIpc) is 2.99. The van der Waals surface area contributed by atoms with Gasteiger partial charge in [-0.25, -0.2) is 9.37 Å². The zero-order valence-corrected chi connectivity index (χ0v) is 11.8. The van der Waals surface area contributed by atoms with Gasteiger partial charge >= 0.3 is 0 Å². The van der Waals surface area contributed by atoms with Crippen LogP contribution in [0.3, 0.4) is 0 Å². The Morgan fingerprint density at radius 3 is 2.80 bits per heavy atom. The standard InChI is InChI=1S/C12H8ClFN4OS/c1-5-9(20-12(15)16-5)11-17-10(18-19-11)6-2-3-8(14)7(13)4-6/h2-4H,1H3,(H2,15,16). The van der Waals surface area contributed by atoms with Gasteiger partial charge in [-0.3, -0.25) is 0 Å². The molecule has 0 amide bonds. The highest BCUT2D eigenvalue weighted by Gasteiger charge is 2.16. The molecule has 2 N–H and O–H groups in total. The van der Waals surface area contributed by atoms with Crippen molar-refractivity contribution in [2.45, 2.75) is 6.92 Å². The van der Waals surface area contributed by atoms with Gasteiger partial charge in [-0.1, -0.05) is 28.1 Å². The van der Waals surface area contributed by atoms with Gasteiger partial charge in [0, 0.05) is 5.56 Å². The summed E-state index contributed by atoms with van der Waals surface area (Å²) < 4.78 is 18.3. The number of rotatable bonds is 2. The van der Waals surface area contributed by atoms with Gasteiger partial charge in [-0.2, -0.15) is 4.98 Å². The van der Waals surface area contributed by atoms with Crippen molar-refractivity contribution in [2.24, 2.45) is 0 Å². The summed E-state index contributed by atoms with van der Waals surface area (Å²) in [6.07, 6.45) is 0. The van der Waals surface area contributed by atoms with Crippen molar-refractivity contribution in [3.05, 3.63) is 34.7 Å². The van der Waals surface area contributed by atoms with Gasteiger partial charge in [0.1, 0.15) is 10.7 Å². The lowest BCUT2D eigenvalue weighted by atomic mass is 10.2. The van der Waals surface area contributed by atoms with Gasteiger partial charge in [0.05, 0.1) is 10.7 Å². The Kier molecular flexibility index (Phi) is 3.15. The maximum atomic E-state index is 13.1. The van der Waals surface area contributed by atoms with Crippen LogP contribution in [0.1, 0.15) is 5.69 Å². The number of hydrogen-bond donors (Lipinski definition) is 1. The van der Waals surface area contributed by atoms with Crippen LogP contribution < -0.4 is 5.73 Å². The summed E-state index contributed by atoms with van der Waals surface area (Å²) in [6, 6.07) is 4.23. The summed E-state index contributed by atoms with van der Waals surface area (Å²) in [4.78, 5) is 9.06.